The number of carbonyl (C=O) groups excluding carboxylic acids is 1. The smallest absolute Gasteiger partial charge is 0.257 e. The van der Waals surface area contributed by atoms with Crippen molar-refractivity contribution in [3.63, 3.8) is 0 Å². The summed E-state index contributed by atoms with van der Waals surface area (Å²) < 4.78 is 5.47. The van der Waals surface area contributed by atoms with Crippen molar-refractivity contribution < 1.29 is 9.53 Å². The molecule has 7 nitrogen and oxygen atoms in total. The van der Waals surface area contributed by atoms with Gasteiger partial charge in [-0.15, -0.1) is 0 Å². The van der Waals surface area contributed by atoms with Gasteiger partial charge in [0.15, 0.2) is 0 Å². The average molecular weight is 327 g/mol. The predicted octanol–water partition coefficient (Wildman–Crippen LogP) is 1.02. The number of H-pyrrole nitrogens is 1. The Morgan fingerprint density at radius 1 is 1.25 bits per heavy atom. The molecule has 0 aromatic carbocycles. The molecule has 126 valence electrons. The average Bonchev–Trinajstić information content (AvgIpc) is 3.34. The van der Waals surface area contributed by atoms with E-state index >= 15 is 0 Å². The van der Waals surface area contributed by atoms with Crippen LogP contribution in [-0.2, 0) is 4.74 Å². The van der Waals surface area contributed by atoms with E-state index in [1.807, 2.05) is 23.1 Å². The number of rotatable bonds is 3. The number of amides is 1. The molecule has 1 N–H and O–H groups in total. The van der Waals surface area contributed by atoms with Crippen molar-refractivity contribution in [3.05, 3.63) is 36.2 Å². The van der Waals surface area contributed by atoms with Crippen LogP contribution in [0.25, 0.3) is 11.4 Å². The van der Waals surface area contributed by atoms with Crippen molar-refractivity contribution in [1.82, 2.24) is 25.0 Å². The third kappa shape index (κ3) is 2.92. The van der Waals surface area contributed by atoms with Crippen LogP contribution in [0.4, 0.5) is 0 Å². The zero-order chi connectivity index (χ0) is 16.4. The number of hydrogen-bond acceptors (Lipinski definition) is 5. The summed E-state index contributed by atoms with van der Waals surface area (Å²) in [7, 11) is 0. The molecule has 2 aromatic rings. The first kappa shape index (κ1) is 15.3. The standard InChI is InChI=1S/C17H21N5O2/c23-17(14-11-19-20-16(14)15-3-1-2-5-18-15)22-8-6-21(7-9-22)13-4-10-24-12-13/h1-3,5,11,13H,4,6-10,12H2,(H,19,20). The fraction of sp³-hybridized carbons (Fsp3) is 0.471. The van der Waals surface area contributed by atoms with Gasteiger partial charge in [0.05, 0.1) is 29.8 Å². The van der Waals surface area contributed by atoms with E-state index in [2.05, 4.69) is 20.1 Å². The molecule has 0 saturated carbocycles. The molecule has 4 rings (SSSR count). The third-order valence-corrected chi connectivity index (χ3v) is 4.81. The normalized spacial score (nSPS) is 22.0. The Hall–Kier alpha value is -2.25. The number of hydrogen-bond donors (Lipinski definition) is 1. The van der Waals surface area contributed by atoms with E-state index in [1.165, 1.54) is 0 Å². The van der Waals surface area contributed by atoms with E-state index in [-0.39, 0.29) is 5.91 Å². The highest BCUT2D eigenvalue weighted by atomic mass is 16.5. The number of aromatic amines is 1. The van der Waals surface area contributed by atoms with Crippen LogP contribution in [0.2, 0.25) is 0 Å². The Kier molecular flexibility index (Phi) is 4.27. The predicted molar refractivity (Wildman–Crippen MR) is 88.5 cm³/mol. The highest BCUT2D eigenvalue weighted by molar-refractivity contribution is 5.99. The van der Waals surface area contributed by atoms with E-state index in [9.17, 15) is 4.79 Å². The van der Waals surface area contributed by atoms with Crippen molar-refractivity contribution in [2.24, 2.45) is 0 Å². The van der Waals surface area contributed by atoms with Crippen LogP contribution in [0, 0.1) is 0 Å². The molecule has 2 saturated heterocycles. The number of nitrogens with one attached hydrogen (secondary N) is 1. The first-order chi connectivity index (χ1) is 11.8. The zero-order valence-corrected chi connectivity index (χ0v) is 13.5. The molecule has 2 aliphatic heterocycles. The van der Waals surface area contributed by atoms with Gasteiger partial charge in [0.1, 0.15) is 0 Å². The van der Waals surface area contributed by atoms with Gasteiger partial charge in [0.25, 0.3) is 5.91 Å². The second-order valence-corrected chi connectivity index (χ2v) is 6.22. The molecule has 1 amide bonds. The summed E-state index contributed by atoms with van der Waals surface area (Å²) in [5.41, 5.74) is 2.01. The first-order valence-electron chi connectivity index (χ1n) is 8.39. The van der Waals surface area contributed by atoms with Gasteiger partial charge in [-0.05, 0) is 18.6 Å². The van der Waals surface area contributed by atoms with Crippen LogP contribution < -0.4 is 0 Å². The largest absolute Gasteiger partial charge is 0.380 e. The molecular formula is C17H21N5O2. The molecule has 0 spiro atoms. The van der Waals surface area contributed by atoms with Gasteiger partial charge in [0, 0.05) is 45.0 Å². The van der Waals surface area contributed by atoms with E-state index in [4.69, 9.17) is 4.74 Å². The van der Waals surface area contributed by atoms with Gasteiger partial charge >= 0.3 is 0 Å². The number of aromatic nitrogens is 3. The number of ether oxygens (including phenoxy) is 1. The Morgan fingerprint density at radius 3 is 2.83 bits per heavy atom. The van der Waals surface area contributed by atoms with Gasteiger partial charge in [-0.1, -0.05) is 6.07 Å². The highest BCUT2D eigenvalue weighted by Gasteiger charge is 2.30. The van der Waals surface area contributed by atoms with Gasteiger partial charge in [-0.2, -0.15) is 5.10 Å². The molecule has 0 bridgehead atoms. The molecule has 0 radical (unpaired) electrons. The highest BCUT2D eigenvalue weighted by Crippen LogP contribution is 2.21. The summed E-state index contributed by atoms with van der Waals surface area (Å²) in [5.74, 6) is 0.0201. The molecule has 7 heteroatoms. The summed E-state index contributed by atoms with van der Waals surface area (Å²) >= 11 is 0. The lowest BCUT2D eigenvalue weighted by Crippen LogP contribution is -2.52. The van der Waals surface area contributed by atoms with Crippen LogP contribution in [0.1, 0.15) is 16.8 Å². The van der Waals surface area contributed by atoms with Gasteiger partial charge in [0.2, 0.25) is 0 Å². The minimum absolute atomic E-state index is 0.0201. The SMILES string of the molecule is O=C(c1cn[nH]c1-c1ccccn1)N1CCN(C2CCOC2)CC1. The van der Waals surface area contributed by atoms with Gasteiger partial charge in [-0.3, -0.25) is 19.8 Å². The molecule has 4 heterocycles. The van der Waals surface area contributed by atoms with E-state index in [0.29, 0.717) is 17.3 Å². The summed E-state index contributed by atoms with van der Waals surface area (Å²) in [5, 5.41) is 6.96. The molecule has 1 atom stereocenters. The number of carbonyl (C=O) groups is 1. The summed E-state index contributed by atoms with van der Waals surface area (Å²) in [6.45, 7) is 4.95. The van der Waals surface area contributed by atoms with Crippen LogP contribution in [0.3, 0.4) is 0 Å². The molecular weight excluding hydrogens is 306 g/mol. The van der Waals surface area contributed by atoms with Crippen LogP contribution >= 0.6 is 0 Å². The van der Waals surface area contributed by atoms with Crippen LogP contribution in [0.5, 0.6) is 0 Å². The lowest BCUT2D eigenvalue weighted by Gasteiger charge is -2.37. The lowest BCUT2D eigenvalue weighted by atomic mass is 10.1. The maximum Gasteiger partial charge on any atom is 0.257 e. The van der Waals surface area contributed by atoms with Crippen LogP contribution in [-0.4, -0.2) is 76.3 Å². The molecule has 0 aliphatic carbocycles. The lowest BCUT2D eigenvalue weighted by molar-refractivity contribution is 0.0550. The summed E-state index contributed by atoms with van der Waals surface area (Å²) in [6, 6.07) is 6.15. The van der Waals surface area contributed by atoms with Crippen molar-refractivity contribution in [2.45, 2.75) is 12.5 Å². The molecule has 2 aliphatic rings. The van der Waals surface area contributed by atoms with Gasteiger partial charge < -0.3 is 9.64 Å². The molecule has 2 aromatic heterocycles. The number of pyridine rings is 1. The second kappa shape index (κ2) is 6.70. The van der Waals surface area contributed by atoms with E-state index in [1.54, 1.807) is 12.4 Å². The Bertz CT molecular complexity index is 688. The maximum atomic E-state index is 12.9. The fourth-order valence-corrected chi connectivity index (χ4v) is 3.42. The number of nitrogens with zero attached hydrogens (tertiary/aromatic N) is 4. The van der Waals surface area contributed by atoms with Crippen LogP contribution in [0.15, 0.2) is 30.6 Å². The van der Waals surface area contributed by atoms with Crippen molar-refractivity contribution >= 4 is 5.91 Å². The Morgan fingerprint density at radius 2 is 2.12 bits per heavy atom. The third-order valence-electron chi connectivity index (χ3n) is 4.81. The Balaban J connectivity index is 1.45. The summed E-state index contributed by atoms with van der Waals surface area (Å²) in [6.07, 6.45) is 4.41. The first-order valence-corrected chi connectivity index (χ1v) is 8.39. The molecule has 1 unspecified atom stereocenters. The molecule has 24 heavy (non-hydrogen) atoms. The quantitative estimate of drug-likeness (QED) is 0.911. The topological polar surface area (TPSA) is 74.4 Å². The van der Waals surface area contributed by atoms with E-state index in [0.717, 1.165) is 51.5 Å². The Labute approximate surface area is 140 Å². The minimum Gasteiger partial charge on any atom is -0.380 e. The minimum atomic E-state index is 0.0201. The van der Waals surface area contributed by atoms with Crippen molar-refractivity contribution in [2.75, 3.05) is 39.4 Å². The van der Waals surface area contributed by atoms with Crippen molar-refractivity contribution in [3.8, 4) is 11.4 Å². The monoisotopic (exact) mass is 327 g/mol. The molecule has 2 fully saturated rings. The summed E-state index contributed by atoms with van der Waals surface area (Å²) in [4.78, 5) is 21.5. The van der Waals surface area contributed by atoms with Crippen molar-refractivity contribution in [1.29, 1.82) is 0 Å². The maximum absolute atomic E-state index is 12.9. The fourth-order valence-electron chi connectivity index (χ4n) is 3.42. The van der Waals surface area contributed by atoms with Gasteiger partial charge in [-0.25, -0.2) is 0 Å². The number of piperazine rings is 1. The zero-order valence-electron chi connectivity index (χ0n) is 13.5. The second-order valence-electron chi connectivity index (χ2n) is 6.22. The van der Waals surface area contributed by atoms with E-state index < -0.39 is 0 Å².